The average Bonchev–Trinajstić information content (AvgIpc) is 1.57. The molecule has 0 radical (unpaired) electrons. The normalized spacial score (nSPS) is 19.7. The minimum Gasteiger partial charge on any atom is -0.274 e. The summed E-state index contributed by atoms with van der Waals surface area (Å²) in [4.78, 5) is 46.0. The standard InChI is InChI=1S/C86H113N3O2S8/c1-13-23-28-54(18-6)34-38-59-65-47-53(12)93-79(65)60(39-35-55(19-7)29-24-14-2)67-49-73(96-81(59)67)83-75-76(86(91)89(85(75)90)51-58(22-10)32-27-17-5)84(98-83)74-50-68-62(41-37-57(21-9)31-26-16-4)80-66(61(82(68)97-74)40-36-56(20-8)30-25-15-3)48-72(95-80)71-46-45-70(94-71)64-43-42-63(69-44-33-52(11)92-69)77-78(64)88-99-87-77/h33,42-50,54-58,65,68,79,82H,13-32,34-41,51H2,1-12H3. The topological polar surface area (TPSA) is 63.2 Å². The summed E-state index contributed by atoms with van der Waals surface area (Å²) < 4.78 is 12.8. The number of benzene rings is 1. The molecule has 3 aliphatic heterocycles. The highest BCUT2D eigenvalue weighted by atomic mass is 32.2. The number of nitrogens with zero attached hydrogens (tertiary/aromatic N) is 3. The van der Waals surface area contributed by atoms with Crippen molar-refractivity contribution in [2.45, 2.75) is 273 Å². The fourth-order valence-corrected chi connectivity index (χ4v) is 26.8. The molecule has 9 atom stereocenters. The Balaban J connectivity index is 1.02. The van der Waals surface area contributed by atoms with Crippen molar-refractivity contribution in [3.8, 4) is 40.4 Å². The van der Waals surface area contributed by atoms with Crippen molar-refractivity contribution in [2.75, 3.05) is 6.54 Å². The molecule has 13 heteroatoms. The zero-order valence-corrected chi connectivity index (χ0v) is 68.4. The molecule has 1 aromatic carbocycles. The van der Waals surface area contributed by atoms with Gasteiger partial charge < -0.3 is 0 Å². The van der Waals surface area contributed by atoms with Gasteiger partial charge in [0.25, 0.3) is 11.8 Å². The van der Waals surface area contributed by atoms with Crippen molar-refractivity contribution in [3.63, 3.8) is 0 Å². The first kappa shape index (κ1) is 75.0. The van der Waals surface area contributed by atoms with Gasteiger partial charge in [-0.2, -0.15) is 8.75 Å². The highest BCUT2D eigenvalue weighted by Gasteiger charge is 2.47. The van der Waals surface area contributed by atoms with Gasteiger partial charge in [0.15, 0.2) is 0 Å². The largest absolute Gasteiger partial charge is 0.274 e. The number of carbonyl (C=O) groups is 2. The Bertz CT molecular complexity index is 4290. The lowest BCUT2D eigenvalue weighted by atomic mass is 9.80. The van der Waals surface area contributed by atoms with E-state index in [1.807, 2.05) is 45.3 Å². The molecule has 2 amide bonds. The van der Waals surface area contributed by atoms with Gasteiger partial charge >= 0.3 is 0 Å². The SMILES string of the molecule is CCCCC(CC)CCC1=c2cc(-c3ccc(-c4ccc(-c5ccc(C)s5)c5nsnc45)s3)sc2=C(CCC(CC)CCCC)C2C=C(c3sc(-c4cc5c(s4)=C(CCC(CC)CCCC)C4C=C(C)SC4C=5CCC(CC)CCCC)c4c3C(=O)N(CC(CC)CCCC)C4=O)SC12. The maximum Gasteiger partial charge on any atom is 0.263 e. The van der Waals surface area contributed by atoms with E-state index in [0.29, 0.717) is 40.7 Å². The van der Waals surface area contributed by atoms with Gasteiger partial charge in [0, 0.05) is 83.2 Å². The summed E-state index contributed by atoms with van der Waals surface area (Å²) in [7, 11) is 0. The number of aryl methyl sites for hydroxylation is 1. The fraction of sp³-hybridized carbons (Fsp3) is 0.581. The average molecular weight is 1480 g/mol. The van der Waals surface area contributed by atoms with Crippen LogP contribution in [0.3, 0.4) is 0 Å². The number of hydrogen-bond acceptors (Lipinski definition) is 12. The number of fused-ring (bicyclic) bond motifs is 6. The Labute approximate surface area is 627 Å². The van der Waals surface area contributed by atoms with Crippen LogP contribution in [0.4, 0.5) is 0 Å². The molecule has 0 saturated heterocycles. The van der Waals surface area contributed by atoms with E-state index in [9.17, 15) is 0 Å². The Morgan fingerprint density at radius 3 is 1.35 bits per heavy atom. The third kappa shape index (κ3) is 16.1. The number of thiophene rings is 5. The van der Waals surface area contributed by atoms with Gasteiger partial charge in [-0.05, 0) is 175 Å². The van der Waals surface area contributed by atoms with E-state index in [1.54, 1.807) is 38.5 Å². The van der Waals surface area contributed by atoms with Crippen molar-refractivity contribution in [2.24, 2.45) is 41.4 Å². The third-order valence-corrected chi connectivity index (χ3v) is 33.0. The van der Waals surface area contributed by atoms with Gasteiger partial charge in [-0.3, -0.25) is 14.5 Å². The first-order valence-corrected chi connectivity index (χ1v) is 45.8. The zero-order valence-electron chi connectivity index (χ0n) is 61.9. The summed E-state index contributed by atoms with van der Waals surface area (Å²) in [5.41, 5.74) is 12.2. The number of thioether (sulfide) groups is 2. The van der Waals surface area contributed by atoms with Crippen LogP contribution in [0.25, 0.3) is 78.6 Å². The van der Waals surface area contributed by atoms with Gasteiger partial charge in [0.2, 0.25) is 0 Å². The van der Waals surface area contributed by atoms with Gasteiger partial charge in [-0.25, -0.2) is 0 Å². The second kappa shape index (κ2) is 35.0. The van der Waals surface area contributed by atoms with Crippen molar-refractivity contribution in [1.29, 1.82) is 0 Å². The molecule has 9 unspecified atom stereocenters. The molecular formula is C86H113N3O2S8. The maximum absolute atomic E-state index is 15.9. The molecular weight excluding hydrogens is 1360 g/mol. The minimum absolute atomic E-state index is 0.0576. The highest BCUT2D eigenvalue weighted by molar-refractivity contribution is 8.09. The van der Waals surface area contributed by atoms with Crippen LogP contribution in [0.15, 0.2) is 65.6 Å². The first-order valence-electron chi connectivity index (χ1n) is 39.2. The van der Waals surface area contributed by atoms with Crippen LogP contribution in [-0.4, -0.2) is 42.5 Å². The summed E-state index contributed by atoms with van der Waals surface area (Å²) >= 11 is 15.1. The van der Waals surface area contributed by atoms with Gasteiger partial charge in [0.1, 0.15) is 11.0 Å². The zero-order chi connectivity index (χ0) is 69.4. The Morgan fingerprint density at radius 1 is 0.424 bits per heavy atom. The lowest BCUT2D eigenvalue weighted by Crippen LogP contribution is -2.37. The summed E-state index contributed by atoms with van der Waals surface area (Å²) in [5, 5.41) is 3.57. The van der Waals surface area contributed by atoms with E-state index in [1.165, 1.54) is 204 Å². The van der Waals surface area contributed by atoms with Crippen molar-refractivity contribution >= 4 is 142 Å². The highest BCUT2D eigenvalue weighted by Crippen LogP contribution is 2.57. The summed E-state index contributed by atoms with van der Waals surface area (Å²) in [6, 6.07) is 18.9. The minimum atomic E-state index is -0.0582. The number of carbonyl (C=O) groups excluding carboxylic acids is 2. The van der Waals surface area contributed by atoms with Crippen LogP contribution in [0, 0.1) is 48.3 Å². The molecule has 9 heterocycles. The third-order valence-electron chi connectivity index (χ3n) is 23.4. The first-order chi connectivity index (χ1) is 48.3. The monoisotopic (exact) mass is 1480 g/mol. The number of aromatic nitrogens is 2. The van der Waals surface area contributed by atoms with E-state index in [0.717, 1.165) is 89.6 Å². The van der Waals surface area contributed by atoms with E-state index < -0.39 is 0 Å². The molecule has 0 fully saturated rings. The molecule has 532 valence electrons. The van der Waals surface area contributed by atoms with Crippen molar-refractivity contribution in [1.82, 2.24) is 13.6 Å². The van der Waals surface area contributed by atoms with Crippen LogP contribution in [0.5, 0.6) is 0 Å². The Hall–Kier alpha value is -3.66. The van der Waals surface area contributed by atoms with E-state index >= 15 is 9.59 Å². The molecule has 5 aliphatic rings. The number of imide groups is 1. The molecule has 2 aliphatic carbocycles. The predicted molar refractivity (Wildman–Crippen MR) is 442 cm³/mol. The molecule has 0 spiro atoms. The van der Waals surface area contributed by atoms with E-state index in [2.05, 4.69) is 167 Å². The van der Waals surface area contributed by atoms with Crippen LogP contribution in [-0.2, 0) is 0 Å². The quantitative estimate of drug-likeness (QED) is 0.0358. The predicted octanol–water partition coefficient (Wildman–Crippen LogP) is 25.8. The number of rotatable bonds is 39. The summed E-state index contributed by atoms with van der Waals surface area (Å²) in [6.45, 7) is 28.6. The van der Waals surface area contributed by atoms with Crippen LogP contribution in [0.1, 0.15) is 286 Å². The second-order valence-electron chi connectivity index (χ2n) is 29.9. The van der Waals surface area contributed by atoms with Gasteiger partial charge in [0.05, 0.1) is 32.6 Å². The molecule has 12 rings (SSSR count). The smallest absolute Gasteiger partial charge is 0.263 e. The summed E-state index contributed by atoms with van der Waals surface area (Å²) in [6.07, 6.45) is 38.8. The molecule has 0 bridgehead atoms. The summed E-state index contributed by atoms with van der Waals surface area (Å²) in [5.74, 6) is 3.55. The number of allylic oxidation sites excluding steroid dienone is 3. The molecule has 5 nitrogen and oxygen atoms in total. The maximum atomic E-state index is 15.9. The molecule has 0 N–H and O–H groups in total. The Kier molecular flexibility index (Phi) is 26.5. The van der Waals surface area contributed by atoms with Crippen LogP contribution >= 0.6 is 91.9 Å². The molecule has 7 aromatic rings. The number of unbranched alkanes of at least 4 members (excludes halogenated alkanes) is 5. The fourth-order valence-electron chi connectivity index (χ4n) is 17.1. The van der Waals surface area contributed by atoms with E-state index in [-0.39, 0.29) is 28.9 Å². The van der Waals surface area contributed by atoms with Crippen molar-refractivity contribution in [3.05, 3.63) is 106 Å². The molecule has 99 heavy (non-hydrogen) atoms. The lowest BCUT2D eigenvalue weighted by molar-refractivity contribution is 0.0624. The Morgan fingerprint density at radius 2 is 0.859 bits per heavy atom. The molecule has 6 aromatic heterocycles. The van der Waals surface area contributed by atoms with Crippen molar-refractivity contribution < 1.29 is 9.59 Å². The van der Waals surface area contributed by atoms with Crippen LogP contribution < -0.4 is 19.5 Å². The number of hydrogen-bond donors (Lipinski definition) is 0. The van der Waals surface area contributed by atoms with E-state index in [4.69, 9.17) is 8.75 Å². The van der Waals surface area contributed by atoms with Gasteiger partial charge in [-0.1, -0.05) is 216 Å². The second-order valence-corrected chi connectivity index (χ2v) is 38.5. The lowest BCUT2D eigenvalue weighted by Gasteiger charge is -2.29. The molecule has 0 saturated carbocycles. The van der Waals surface area contributed by atoms with Gasteiger partial charge in [-0.15, -0.1) is 80.2 Å². The van der Waals surface area contributed by atoms with Crippen LogP contribution in [0.2, 0.25) is 0 Å². The number of amides is 2.